The van der Waals surface area contributed by atoms with Gasteiger partial charge >= 0.3 is 0 Å². The van der Waals surface area contributed by atoms with Gasteiger partial charge in [-0.25, -0.2) is 0 Å². The van der Waals surface area contributed by atoms with E-state index in [9.17, 15) is 20.1 Å². The van der Waals surface area contributed by atoms with E-state index >= 15 is 0 Å². The molecule has 0 aliphatic heterocycles. The van der Waals surface area contributed by atoms with E-state index in [2.05, 4.69) is 0 Å². The third kappa shape index (κ3) is 4.58. The minimum atomic E-state index is -0.848. The molecule has 2 rings (SSSR count). The minimum Gasteiger partial charge on any atom is -0.512 e. The number of hydrogen-bond acceptors (Lipinski definition) is 5. The van der Waals surface area contributed by atoms with Crippen molar-refractivity contribution in [3.8, 4) is 5.75 Å². The molecule has 5 nitrogen and oxygen atoms in total. The van der Waals surface area contributed by atoms with Crippen molar-refractivity contribution in [1.82, 2.24) is 0 Å². The molecule has 0 heterocycles. The van der Waals surface area contributed by atoms with Gasteiger partial charge in [-0.1, -0.05) is 18.2 Å². The first kappa shape index (κ1) is 18.5. The molecule has 0 aromatic heterocycles. The van der Waals surface area contributed by atoms with Crippen LogP contribution in [0.15, 0.2) is 42.2 Å². The fraction of sp³-hybridized carbons (Fsp3) is 0.526. The predicted octanol–water partition coefficient (Wildman–Crippen LogP) is 2.62. The van der Waals surface area contributed by atoms with Gasteiger partial charge in [-0.05, 0) is 32.1 Å². The highest BCUT2D eigenvalue weighted by Crippen LogP contribution is 2.38. The maximum atomic E-state index is 10.8. The molecule has 1 aromatic rings. The van der Waals surface area contributed by atoms with Crippen molar-refractivity contribution in [1.29, 1.82) is 0 Å². The van der Waals surface area contributed by atoms with E-state index < -0.39 is 29.6 Å². The number of benzene rings is 1. The predicted molar refractivity (Wildman–Crippen MR) is 90.8 cm³/mol. The molecule has 24 heavy (non-hydrogen) atoms. The molecule has 0 saturated heterocycles. The van der Waals surface area contributed by atoms with Crippen LogP contribution in [-0.2, 0) is 4.79 Å². The van der Waals surface area contributed by atoms with Crippen molar-refractivity contribution < 1.29 is 24.9 Å². The Labute approximate surface area is 142 Å². The summed E-state index contributed by atoms with van der Waals surface area (Å²) in [6.07, 6.45) is 1.43. The molecule has 0 amide bonds. The quantitative estimate of drug-likeness (QED) is 0.527. The van der Waals surface area contributed by atoms with Crippen LogP contribution in [0, 0.1) is 11.8 Å². The van der Waals surface area contributed by atoms with Crippen molar-refractivity contribution in [2.45, 2.75) is 50.9 Å². The third-order valence-electron chi connectivity index (χ3n) is 4.50. The molecule has 0 unspecified atom stereocenters. The first-order chi connectivity index (χ1) is 11.3. The summed E-state index contributed by atoms with van der Waals surface area (Å²) in [7, 11) is 0. The van der Waals surface area contributed by atoms with Crippen molar-refractivity contribution in [3.63, 3.8) is 0 Å². The van der Waals surface area contributed by atoms with Gasteiger partial charge in [0.2, 0.25) is 0 Å². The molecule has 3 N–H and O–H groups in total. The van der Waals surface area contributed by atoms with Gasteiger partial charge in [0, 0.05) is 31.1 Å². The molecule has 5 heteroatoms. The van der Waals surface area contributed by atoms with Gasteiger partial charge in [-0.3, -0.25) is 0 Å². The van der Waals surface area contributed by atoms with E-state index in [1.54, 1.807) is 6.08 Å². The largest absolute Gasteiger partial charge is 0.512 e. The van der Waals surface area contributed by atoms with Gasteiger partial charge in [-0.15, -0.1) is 0 Å². The molecule has 0 spiro atoms. The number of carbonyl (C=O) groups excluding carboxylic acids is 1. The summed E-state index contributed by atoms with van der Waals surface area (Å²) in [5.41, 5.74) is -0.544. The van der Waals surface area contributed by atoms with Crippen molar-refractivity contribution >= 4 is 6.29 Å². The van der Waals surface area contributed by atoms with Crippen LogP contribution in [0.4, 0.5) is 0 Å². The van der Waals surface area contributed by atoms with E-state index in [1.165, 1.54) is 0 Å². The Morgan fingerprint density at radius 1 is 1.25 bits per heavy atom. The molecular formula is C19H26O5. The van der Waals surface area contributed by atoms with Crippen LogP contribution >= 0.6 is 0 Å². The van der Waals surface area contributed by atoms with Gasteiger partial charge in [0.25, 0.3) is 0 Å². The number of carbonyl (C=O) groups is 1. The summed E-state index contributed by atoms with van der Waals surface area (Å²) in [6.45, 7) is 3.82. The Hall–Kier alpha value is -1.85. The SMILES string of the molecule is CC(C)(CC=C(O)[C@H]1[C@H](CC=O)[C@H](O)C[C@@H]1O)Oc1ccccc1. The maximum Gasteiger partial charge on any atom is 0.120 e. The number of aliphatic hydroxyl groups is 3. The van der Waals surface area contributed by atoms with Crippen LogP contribution in [0.25, 0.3) is 0 Å². The lowest BCUT2D eigenvalue weighted by Crippen LogP contribution is -2.29. The first-order valence-electron chi connectivity index (χ1n) is 8.27. The van der Waals surface area contributed by atoms with Crippen LogP contribution in [0.2, 0.25) is 0 Å². The highest BCUT2D eigenvalue weighted by atomic mass is 16.5. The molecule has 0 radical (unpaired) electrons. The average molecular weight is 334 g/mol. The van der Waals surface area contributed by atoms with Gasteiger partial charge in [0.05, 0.1) is 18.0 Å². The van der Waals surface area contributed by atoms with Crippen LogP contribution < -0.4 is 4.74 Å². The number of para-hydroxylation sites is 1. The van der Waals surface area contributed by atoms with E-state index in [0.29, 0.717) is 12.7 Å². The third-order valence-corrected chi connectivity index (χ3v) is 4.50. The fourth-order valence-corrected chi connectivity index (χ4v) is 3.26. The van der Waals surface area contributed by atoms with Gasteiger partial charge in [0.15, 0.2) is 0 Å². The Balaban J connectivity index is 2.05. The zero-order chi connectivity index (χ0) is 17.7. The lowest BCUT2D eigenvalue weighted by Gasteiger charge is -2.26. The zero-order valence-electron chi connectivity index (χ0n) is 14.1. The summed E-state index contributed by atoms with van der Waals surface area (Å²) in [5.74, 6) is -0.314. The lowest BCUT2D eigenvalue weighted by atomic mass is 9.88. The molecule has 1 aromatic carbocycles. The minimum absolute atomic E-state index is 0.00985. The second-order valence-corrected chi connectivity index (χ2v) is 6.97. The first-order valence-corrected chi connectivity index (χ1v) is 8.27. The molecule has 1 aliphatic rings. The van der Waals surface area contributed by atoms with E-state index in [-0.39, 0.29) is 18.6 Å². The Kier molecular flexibility index (Phi) is 6.02. The summed E-state index contributed by atoms with van der Waals surface area (Å²) < 4.78 is 5.91. The number of aldehydes is 1. The summed E-state index contributed by atoms with van der Waals surface area (Å²) >= 11 is 0. The molecule has 1 aliphatic carbocycles. The van der Waals surface area contributed by atoms with E-state index in [1.807, 2.05) is 44.2 Å². The second kappa shape index (κ2) is 7.81. The van der Waals surface area contributed by atoms with Gasteiger partial charge in [-0.2, -0.15) is 0 Å². The molecule has 4 atom stereocenters. The van der Waals surface area contributed by atoms with E-state index in [4.69, 9.17) is 4.74 Å². The monoisotopic (exact) mass is 334 g/mol. The maximum absolute atomic E-state index is 10.8. The molecule has 0 bridgehead atoms. The molecule has 1 saturated carbocycles. The normalized spacial score (nSPS) is 27.9. The Bertz CT molecular complexity index is 566. The van der Waals surface area contributed by atoms with Crippen molar-refractivity contribution in [3.05, 3.63) is 42.2 Å². The highest BCUT2D eigenvalue weighted by molar-refractivity contribution is 5.50. The van der Waals surface area contributed by atoms with Crippen LogP contribution in [0.5, 0.6) is 5.75 Å². The summed E-state index contributed by atoms with van der Waals surface area (Å²) in [4.78, 5) is 10.8. The standard InChI is InChI=1S/C19H26O5/c1-19(2,24-13-6-4-3-5-7-13)10-8-15(21)18-14(9-11-20)16(22)12-17(18)23/h3-8,11,14,16-18,21-23H,9-10,12H2,1-2H3/t14-,16-,17+,18-/m1/s1. The van der Waals surface area contributed by atoms with Crippen molar-refractivity contribution in [2.24, 2.45) is 11.8 Å². The van der Waals surface area contributed by atoms with E-state index in [0.717, 1.165) is 5.75 Å². The van der Waals surface area contributed by atoms with Crippen LogP contribution in [0.3, 0.4) is 0 Å². The number of ether oxygens (including phenoxy) is 1. The summed E-state index contributed by atoms with van der Waals surface area (Å²) in [6, 6.07) is 9.41. The Morgan fingerprint density at radius 3 is 2.54 bits per heavy atom. The zero-order valence-corrected chi connectivity index (χ0v) is 14.1. The number of aliphatic hydroxyl groups excluding tert-OH is 3. The Morgan fingerprint density at radius 2 is 1.92 bits per heavy atom. The smallest absolute Gasteiger partial charge is 0.120 e. The van der Waals surface area contributed by atoms with Gasteiger partial charge < -0.3 is 24.9 Å². The second-order valence-electron chi connectivity index (χ2n) is 6.97. The average Bonchev–Trinajstić information content (AvgIpc) is 2.80. The van der Waals surface area contributed by atoms with Gasteiger partial charge in [0.1, 0.15) is 17.6 Å². The fourth-order valence-electron chi connectivity index (χ4n) is 3.26. The summed E-state index contributed by atoms with van der Waals surface area (Å²) in [5, 5.41) is 30.4. The van der Waals surface area contributed by atoms with Crippen LogP contribution in [0.1, 0.15) is 33.1 Å². The molecular weight excluding hydrogens is 308 g/mol. The lowest BCUT2D eigenvalue weighted by molar-refractivity contribution is -0.109. The molecule has 132 valence electrons. The number of rotatable bonds is 7. The highest BCUT2D eigenvalue weighted by Gasteiger charge is 2.43. The van der Waals surface area contributed by atoms with Crippen molar-refractivity contribution in [2.75, 3.05) is 0 Å². The molecule has 1 fully saturated rings. The van der Waals surface area contributed by atoms with Crippen LogP contribution in [-0.4, -0.2) is 39.4 Å². The topological polar surface area (TPSA) is 87.0 Å². The number of hydrogen-bond donors (Lipinski definition) is 3.